The van der Waals surface area contributed by atoms with Gasteiger partial charge in [-0.15, -0.1) is 0 Å². The lowest BCUT2D eigenvalue weighted by atomic mass is 9.98. The number of aromatic amines is 1. The summed E-state index contributed by atoms with van der Waals surface area (Å²) in [5, 5.41) is 8.88. The monoisotopic (exact) mass is 255 g/mol. The fraction of sp³-hybridized carbons (Fsp3) is 0.333. The van der Waals surface area contributed by atoms with E-state index >= 15 is 0 Å². The van der Waals surface area contributed by atoms with E-state index in [0.717, 1.165) is 28.3 Å². The lowest BCUT2D eigenvalue weighted by Gasteiger charge is -2.13. The third-order valence-electron chi connectivity index (χ3n) is 3.12. The zero-order valence-corrected chi connectivity index (χ0v) is 11.6. The molecule has 0 unspecified atom stereocenters. The van der Waals surface area contributed by atoms with Crippen LogP contribution in [0.1, 0.15) is 36.8 Å². The molecule has 0 aliphatic heterocycles. The molecule has 0 aliphatic carbocycles. The second-order valence-corrected chi connectivity index (χ2v) is 4.78. The van der Waals surface area contributed by atoms with E-state index in [-0.39, 0.29) is 0 Å². The molecular weight excluding hydrogens is 238 g/mol. The average Bonchev–Trinajstić information content (AvgIpc) is 2.79. The van der Waals surface area contributed by atoms with Gasteiger partial charge in [0, 0.05) is 11.3 Å². The Morgan fingerprint density at radius 1 is 1.37 bits per heavy atom. The zero-order valence-electron chi connectivity index (χ0n) is 11.6. The summed E-state index contributed by atoms with van der Waals surface area (Å²) in [4.78, 5) is 7.26. The molecule has 0 bridgehead atoms. The molecule has 2 aromatic rings. The van der Waals surface area contributed by atoms with Gasteiger partial charge in [0.2, 0.25) is 5.82 Å². The summed E-state index contributed by atoms with van der Waals surface area (Å²) in [6.07, 6.45) is 0. The van der Waals surface area contributed by atoms with Gasteiger partial charge in [-0.3, -0.25) is 0 Å². The van der Waals surface area contributed by atoms with Crippen molar-refractivity contribution >= 4 is 0 Å². The van der Waals surface area contributed by atoms with Crippen molar-refractivity contribution in [3.05, 3.63) is 35.3 Å². The van der Waals surface area contributed by atoms with Crippen molar-refractivity contribution in [2.24, 2.45) is 0 Å². The fourth-order valence-electron chi connectivity index (χ4n) is 2.13. The number of H-pyrrole nitrogens is 1. The Morgan fingerprint density at radius 2 is 2.11 bits per heavy atom. The normalized spacial score (nSPS) is 10.5. The van der Waals surface area contributed by atoms with Gasteiger partial charge in [0.1, 0.15) is 11.8 Å². The molecule has 1 N–H and O–H groups in total. The summed E-state index contributed by atoms with van der Waals surface area (Å²) in [5.74, 6) is 1.59. The van der Waals surface area contributed by atoms with Gasteiger partial charge in [-0.1, -0.05) is 13.8 Å². The number of hydrogen-bond acceptors (Lipinski definition) is 3. The molecular formula is C15H17N3O. The number of imidazole rings is 1. The molecule has 0 atom stereocenters. The smallest absolute Gasteiger partial charge is 0.210 e. The number of benzene rings is 1. The Labute approximate surface area is 113 Å². The van der Waals surface area contributed by atoms with Crippen LogP contribution >= 0.6 is 0 Å². The largest absolute Gasteiger partial charge is 0.496 e. The molecule has 1 aromatic heterocycles. The molecule has 0 saturated carbocycles. The maximum Gasteiger partial charge on any atom is 0.210 e. The molecule has 4 heteroatoms. The van der Waals surface area contributed by atoms with Gasteiger partial charge in [0.25, 0.3) is 0 Å². The predicted molar refractivity (Wildman–Crippen MR) is 74.1 cm³/mol. The van der Waals surface area contributed by atoms with Crippen molar-refractivity contribution < 1.29 is 4.74 Å². The number of nitrogens with zero attached hydrogens (tertiary/aromatic N) is 2. The summed E-state index contributed by atoms with van der Waals surface area (Å²) in [6.45, 7) is 6.17. The minimum absolute atomic E-state index is 0.342. The van der Waals surface area contributed by atoms with Crippen LogP contribution in [0.4, 0.5) is 0 Å². The number of aromatic nitrogens is 2. The Kier molecular flexibility index (Phi) is 3.57. The van der Waals surface area contributed by atoms with Crippen molar-refractivity contribution in [2.45, 2.75) is 26.7 Å². The maximum absolute atomic E-state index is 8.88. The molecule has 0 spiro atoms. The van der Waals surface area contributed by atoms with Crippen LogP contribution in [-0.2, 0) is 0 Å². The van der Waals surface area contributed by atoms with Crippen LogP contribution in [0.15, 0.2) is 18.2 Å². The molecule has 0 saturated heterocycles. The van der Waals surface area contributed by atoms with Crippen molar-refractivity contribution in [1.29, 1.82) is 5.26 Å². The van der Waals surface area contributed by atoms with Crippen LogP contribution in [-0.4, -0.2) is 17.1 Å². The van der Waals surface area contributed by atoms with Crippen LogP contribution in [0.2, 0.25) is 0 Å². The number of methoxy groups -OCH3 is 1. The first-order valence-electron chi connectivity index (χ1n) is 6.21. The second-order valence-electron chi connectivity index (χ2n) is 4.78. The molecule has 0 radical (unpaired) electrons. The molecule has 0 aliphatic rings. The highest BCUT2D eigenvalue weighted by molar-refractivity contribution is 5.65. The fourth-order valence-corrected chi connectivity index (χ4v) is 2.13. The number of nitrogens with one attached hydrogen (secondary N) is 1. The molecule has 2 rings (SSSR count). The Hall–Kier alpha value is -2.28. The average molecular weight is 255 g/mol. The first-order chi connectivity index (χ1) is 9.06. The van der Waals surface area contributed by atoms with E-state index in [9.17, 15) is 0 Å². The zero-order chi connectivity index (χ0) is 14.0. The minimum Gasteiger partial charge on any atom is -0.496 e. The molecule has 0 fully saturated rings. The SMILES string of the molecule is COc1ccc(-c2nc(C#N)[nH]c2C)cc1C(C)C. The van der Waals surface area contributed by atoms with Gasteiger partial charge in [0.05, 0.1) is 12.8 Å². The number of hydrogen-bond donors (Lipinski definition) is 1. The standard InChI is InChI=1S/C15H17N3O/c1-9(2)12-7-11(5-6-13(12)19-4)15-10(3)17-14(8-16)18-15/h5-7,9H,1-4H3,(H,17,18). The van der Waals surface area contributed by atoms with Gasteiger partial charge in [-0.2, -0.15) is 5.26 Å². The van der Waals surface area contributed by atoms with E-state index in [0.29, 0.717) is 11.7 Å². The van der Waals surface area contributed by atoms with Gasteiger partial charge < -0.3 is 9.72 Å². The summed E-state index contributed by atoms with van der Waals surface area (Å²) < 4.78 is 5.37. The lowest BCUT2D eigenvalue weighted by Crippen LogP contribution is -1.95. The Bertz CT molecular complexity index is 635. The van der Waals surface area contributed by atoms with Gasteiger partial charge in [-0.25, -0.2) is 4.98 Å². The number of aryl methyl sites for hydroxylation is 1. The topological polar surface area (TPSA) is 61.7 Å². The summed E-state index contributed by atoms with van der Waals surface area (Å²) in [6, 6.07) is 8.02. The van der Waals surface area contributed by atoms with E-state index in [4.69, 9.17) is 10.00 Å². The van der Waals surface area contributed by atoms with Crippen molar-refractivity contribution in [3.63, 3.8) is 0 Å². The molecule has 1 heterocycles. The van der Waals surface area contributed by atoms with E-state index < -0.39 is 0 Å². The first kappa shape index (κ1) is 13.2. The van der Waals surface area contributed by atoms with Gasteiger partial charge in [-0.05, 0) is 36.6 Å². The first-order valence-corrected chi connectivity index (χ1v) is 6.21. The van der Waals surface area contributed by atoms with Crippen LogP contribution in [0.3, 0.4) is 0 Å². The Balaban J connectivity index is 2.54. The van der Waals surface area contributed by atoms with E-state index in [1.807, 2.05) is 25.1 Å². The predicted octanol–water partition coefficient (Wildman–Crippen LogP) is 3.39. The minimum atomic E-state index is 0.342. The number of nitriles is 1. The van der Waals surface area contributed by atoms with Crippen LogP contribution < -0.4 is 4.74 Å². The van der Waals surface area contributed by atoms with Crippen LogP contribution in [0, 0.1) is 18.3 Å². The van der Waals surface area contributed by atoms with Gasteiger partial charge in [0.15, 0.2) is 0 Å². The van der Waals surface area contributed by atoms with E-state index in [1.165, 1.54) is 0 Å². The van der Waals surface area contributed by atoms with Crippen LogP contribution in [0.25, 0.3) is 11.3 Å². The van der Waals surface area contributed by atoms with E-state index in [2.05, 4.69) is 29.9 Å². The molecule has 0 amide bonds. The van der Waals surface area contributed by atoms with Crippen molar-refractivity contribution in [3.8, 4) is 23.1 Å². The third-order valence-corrected chi connectivity index (χ3v) is 3.12. The third kappa shape index (κ3) is 2.45. The Morgan fingerprint density at radius 3 is 2.63 bits per heavy atom. The highest BCUT2D eigenvalue weighted by Crippen LogP contribution is 2.31. The maximum atomic E-state index is 8.88. The number of rotatable bonds is 3. The summed E-state index contributed by atoms with van der Waals surface area (Å²) in [7, 11) is 1.68. The highest BCUT2D eigenvalue weighted by Gasteiger charge is 2.13. The summed E-state index contributed by atoms with van der Waals surface area (Å²) in [5.41, 5.74) is 3.86. The van der Waals surface area contributed by atoms with Gasteiger partial charge >= 0.3 is 0 Å². The summed E-state index contributed by atoms with van der Waals surface area (Å²) >= 11 is 0. The molecule has 4 nitrogen and oxygen atoms in total. The molecule has 1 aromatic carbocycles. The van der Waals surface area contributed by atoms with E-state index in [1.54, 1.807) is 7.11 Å². The lowest BCUT2D eigenvalue weighted by molar-refractivity contribution is 0.407. The molecule has 19 heavy (non-hydrogen) atoms. The van der Waals surface area contributed by atoms with Crippen molar-refractivity contribution in [2.75, 3.05) is 7.11 Å². The highest BCUT2D eigenvalue weighted by atomic mass is 16.5. The molecule has 98 valence electrons. The second kappa shape index (κ2) is 5.15. The van der Waals surface area contributed by atoms with Crippen LogP contribution in [0.5, 0.6) is 5.75 Å². The van der Waals surface area contributed by atoms with Crippen molar-refractivity contribution in [1.82, 2.24) is 9.97 Å². The quantitative estimate of drug-likeness (QED) is 0.914. The number of ether oxygens (including phenoxy) is 1.